The quantitative estimate of drug-likeness (QED) is 0.487. The number of aliphatic imine (C=N–C) groups is 1. The molecule has 3 unspecified atom stereocenters. The van der Waals surface area contributed by atoms with E-state index in [0.29, 0.717) is 18.0 Å². The van der Waals surface area contributed by atoms with Gasteiger partial charge in [-0.3, -0.25) is 14.8 Å². The second-order valence-electron chi connectivity index (χ2n) is 8.76. The second-order valence-corrected chi connectivity index (χ2v) is 9.74. The Morgan fingerprint density at radius 3 is 2.67 bits per heavy atom. The van der Waals surface area contributed by atoms with E-state index in [1.807, 2.05) is 11.3 Å². The van der Waals surface area contributed by atoms with Crippen LogP contribution in [0.2, 0.25) is 0 Å². The molecule has 2 saturated heterocycles. The number of piperidine rings is 1. The summed E-state index contributed by atoms with van der Waals surface area (Å²) < 4.78 is 0. The van der Waals surface area contributed by atoms with Crippen LogP contribution in [0.25, 0.3) is 0 Å². The Morgan fingerprint density at radius 1 is 1.20 bits per heavy atom. The third-order valence-corrected chi connectivity index (χ3v) is 7.65. The number of hydrogen-bond acceptors (Lipinski definition) is 5. The number of likely N-dealkylation sites (N-methyl/N-ethyl adjacent to an activating group) is 1. The second kappa shape index (κ2) is 12.0. The molecule has 3 rings (SSSR count). The maximum absolute atomic E-state index is 4.95. The lowest BCUT2D eigenvalue weighted by molar-refractivity contribution is 0.109. The maximum atomic E-state index is 4.95. The summed E-state index contributed by atoms with van der Waals surface area (Å²) in [6.07, 6.45) is 2.55. The van der Waals surface area contributed by atoms with Crippen molar-refractivity contribution in [3.63, 3.8) is 0 Å². The number of rotatable bonds is 8. The van der Waals surface area contributed by atoms with Crippen molar-refractivity contribution in [1.82, 2.24) is 25.3 Å². The van der Waals surface area contributed by atoms with Crippen LogP contribution in [-0.2, 0) is 0 Å². The van der Waals surface area contributed by atoms with Crippen molar-refractivity contribution < 1.29 is 0 Å². The average molecular weight is 435 g/mol. The van der Waals surface area contributed by atoms with Gasteiger partial charge in [0, 0.05) is 56.2 Å². The summed E-state index contributed by atoms with van der Waals surface area (Å²) in [5.41, 5.74) is 0. The molecule has 170 valence electrons. The number of nitrogens with one attached hydrogen (secondary N) is 2. The summed E-state index contributed by atoms with van der Waals surface area (Å²) in [6.45, 7) is 16.5. The summed E-state index contributed by atoms with van der Waals surface area (Å²) in [5, 5.41) is 9.33. The van der Waals surface area contributed by atoms with Gasteiger partial charge in [0.25, 0.3) is 0 Å². The van der Waals surface area contributed by atoms with Crippen LogP contribution in [0.4, 0.5) is 0 Å². The lowest BCUT2D eigenvalue weighted by atomic mass is 9.88. The van der Waals surface area contributed by atoms with Gasteiger partial charge in [0.2, 0.25) is 0 Å². The zero-order chi connectivity index (χ0) is 21.3. The number of nitrogens with zero attached hydrogens (tertiary/aromatic N) is 4. The first kappa shape index (κ1) is 23.5. The first-order valence-electron chi connectivity index (χ1n) is 11.8. The zero-order valence-electron chi connectivity index (χ0n) is 19.4. The van der Waals surface area contributed by atoms with Gasteiger partial charge in [-0.25, -0.2) is 0 Å². The molecular weight excluding hydrogens is 392 g/mol. The van der Waals surface area contributed by atoms with E-state index in [1.54, 1.807) is 0 Å². The van der Waals surface area contributed by atoms with Crippen molar-refractivity contribution in [3.05, 3.63) is 22.4 Å². The highest BCUT2D eigenvalue weighted by Crippen LogP contribution is 2.36. The highest BCUT2D eigenvalue weighted by Gasteiger charge is 2.31. The van der Waals surface area contributed by atoms with Crippen LogP contribution in [0.5, 0.6) is 0 Å². The number of guanidine groups is 1. The lowest BCUT2D eigenvalue weighted by Gasteiger charge is -2.39. The Balaban J connectivity index is 1.54. The molecule has 0 spiro atoms. The molecule has 2 aliphatic heterocycles. The van der Waals surface area contributed by atoms with E-state index < -0.39 is 0 Å². The average Bonchev–Trinajstić information content (AvgIpc) is 3.30. The molecule has 7 heteroatoms. The van der Waals surface area contributed by atoms with Crippen LogP contribution in [0, 0.1) is 5.92 Å². The molecule has 2 aliphatic rings. The van der Waals surface area contributed by atoms with Crippen LogP contribution >= 0.6 is 11.3 Å². The largest absolute Gasteiger partial charge is 0.357 e. The highest BCUT2D eigenvalue weighted by molar-refractivity contribution is 7.10. The molecule has 0 bridgehead atoms. The fourth-order valence-corrected chi connectivity index (χ4v) is 5.79. The standard InChI is InChI=1S/C23H42N6S/c1-5-24-23(25-17-19(3)29-14-12-28(6-2)13-15-29)26-18-20-9-7-11-27(4)22(20)21-10-8-16-30-21/h8,10,16,19-20,22H,5-7,9,11-15,17-18H2,1-4H3,(H2,24,25,26). The zero-order valence-corrected chi connectivity index (χ0v) is 20.3. The van der Waals surface area contributed by atoms with Crippen molar-refractivity contribution >= 4 is 17.3 Å². The highest BCUT2D eigenvalue weighted by atomic mass is 32.1. The van der Waals surface area contributed by atoms with Crippen molar-refractivity contribution in [2.24, 2.45) is 10.9 Å². The minimum Gasteiger partial charge on any atom is -0.357 e. The van der Waals surface area contributed by atoms with E-state index in [9.17, 15) is 0 Å². The summed E-state index contributed by atoms with van der Waals surface area (Å²) in [6, 6.07) is 5.48. The first-order valence-corrected chi connectivity index (χ1v) is 12.7. The number of hydrogen-bond donors (Lipinski definition) is 2. The van der Waals surface area contributed by atoms with Crippen LogP contribution in [-0.4, -0.2) is 92.7 Å². The molecule has 1 aromatic heterocycles. The first-order chi connectivity index (χ1) is 14.6. The van der Waals surface area contributed by atoms with Crippen molar-refractivity contribution in [2.75, 3.05) is 66.0 Å². The van der Waals surface area contributed by atoms with Gasteiger partial charge in [-0.05, 0) is 64.2 Å². The molecule has 0 radical (unpaired) electrons. The number of likely N-dealkylation sites (tertiary alicyclic amines) is 1. The van der Waals surface area contributed by atoms with Crippen molar-refractivity contribution in [3.8, 4) is 0 Å². The summed E-state index contributed by atoms with van der Waals surface area (Å²) in [7, 11) is 2.27. The molecule has 6 nitrogen and oxygen atoms in total. The van der Waals surface area contributed by atoms with E-state index >= 15 is 0 Å². The molecule has 0 amide bonds. The Hall–Kier alpha value is -1.15. The molecule has 30 heavy (non-hydrogen) atoms. The van der Waals surface area contributed by atoms with E-state index in [-0.39, 0.29) is 0 Å². The normalized spacial score (nSPS) is 25.9. The molecule has 0 saturated carbocycles. The molecule has 0 aromatic carbocycles. The smallest absolute Gasteiger partial charge is 0.191 e. The minimum atomic E-state index is 0.485. The molecule has 2 fully saturated rings. The predicted octanol–water partition coefficient (Wildman–Crippen LogP) is 2.71. The molecule has 1 aromatic rings. The molecular formula is C23H42N6S. The topological polar surface area (TPSA) is 46.1 Å². The third-order valence-electron chi connectivity index (χ3n) is 6.71. The van der Waals surface area contributed by atoms with Crippen LogP contribution in [0.15, 0.2) is 22.5 Å². The van der Waals surface area contributed by atoms with Gasteiger partial charge in [0.15, 0.2) is 5.96 Å². The van der Waals surface area contributed by atoms with Gasteiger partial charge in [-0.1, -0.05) is 13.0 Å². The van der Waals surface area contributed by atoms with Crippen LogP contribution < -0.4 is 10.6 Å². The number of thiophene rings is 1. The van der Waals surface area contributed by atoms with Crippen LogP contribution in [0.1, 0.15) is 44.5 Å². The van der Waals surface area contributed by atoms with Gasteiger partial charge < -0.3 is 15.5 Å². The van der Waals surface area contributed by atoms with Gasteiger partial charge in [0.1, 0.15) is 0 Å². The molecule has 3 atom stereocenters. The van der Waals surface area contributed by atoms with Gasteiger partial charge in [-0.15, -0.1) is 11.3 Å². The Bertz CT molecular complexity index is 626. The number of piperazine rings is 1. The van der Waals surface area contributed by atoms with Crippen molar-refractivity contribution in [2.45, 2.75) is 45.7 Å². The minimum absolute atomic E-state index is 0.485. The Labute approximate surface area is 187 Å². The fourth-order valence-electron chi connectivity index (χ4n) is 4.81. The van der Waals surface area contributed by atoms with Gasteiger partial charge in [0.05, 0.1) is 6.54 Å². The summed E-state index contributed by atoms with van der Waals surface area (Å²) in [4.78, 5) is 14.1. The van der Waals surface area contributed by atoms with E-state index in [0.717, 1.165) is 45.2 Å². The summed E-state index contributed by atoms with van der Waals surface area (Å²) >= 11 is 1.89. The van der Waals surface area contributed by atoms with Gasteiger partial charge >= 0.3 is 0 Å². The SMILES string of the molecule is CCNC(=NCC(C)N1CCN(CC)CC1)NCC1CCCN(C)C1c1cccs1. The molecule has 2 N–H and O–H groups in total. The van der Waals surface area contributed by atoms with E-state index in [2.05, 4.69) is 70.7 Å². The third kappa shape index (κ3) is 6.42. The Kier molecular flexibility index (Phi) is 9.43. The Morgan fingerprint density at radius 2 is 2.00 bits per heavy atom. The fraction of sp³-hybridized carbons (Fsp3) is 0.783. The summed E-state index contributed by atoms with van der Waals surface area (Å²) in [5.74, 6) is 1.58. The van der Waals surface area contributed by atoms with E-state index in [4.69, 9.17) is 4.99 Å². The van der Waals surface area contributed by atoms with E-state index in [1.165, 1.54) is 37.4 Å². The van der Waals surface area contributed by atoms with Crippen LogP contribution in [0.3, 0.4) is 0 Å². The predicted molar refractivity (Wildman–Crippen MR) is 130 cm³/mol. The maximum Gasteiger partial charge on any atom is 0.191 e. The molecule has 3 heterocycles. The molecule has 0 aliphatic carbocycles. The van der Waals surface area contributed by atoms with Crippen molar-refractivity contribution in [1.29, 1.82) is 0 Å². The van der Waals surface area contributed by atoms with Gasteiger partial charge in [-0.2, -0.15) is 0 Å². The monoisotopic (exact) mass is 434 g/mol. The lowest BCUT2D eigenvalue weighted by Crippen LogP contribution is -2.50.